The van der Waals surface area contributed by atoms with Crippen molar-refractivity contribution in [2.75, 3.05) is 18.1 Å². The van der Waals surface area contributed by atoms with Gasteiger partial charge in [-0.1, -0.05) is 22.5 Å². The van der Waals surface area contributed by atoms with Gasteiger partial charge in [-0.3, -0.25) is 0 Å². The van der Waals surface area contributed by atoms with E-state index in [0.29, 0.717) is 13.0 Å². The Bertz CT molecular complexity index is 847. The largest absolute Gasteiger partial charge is 0.494 e. The molecular weight excluding hydrogens is 354 g/mol. The summed E-state index contributed by atoms with van der Waals surface area (Å²) in [7, 11) is 0. The van der Waals surface area contributed by atoms with Gasteiger partial charge in [-0.05, 0) is 74.6 Å². The molecule has 0 amide bonds. The van der Waals surface area contributed by atoms with Gasteiger partial charge in [0.05, 0.1) is 6.61 Å². The molecular formula is C22H27N3O3. The number of anilines is 2. The molecule has 6 nitrogen and oxygen atoms in total. The van der Waals surface area contributed by atoms with Crippen molar-refractivity contribution in [2.45, 2.75) is 52.1 Å². The average molecular weight is 381 g/mol. The lowest BCUT2D eigenvalue weighted by atomic mass is 9.94. The first-order chi connectivity index (χ1) is 13.4. The second kappa shape index (κ2) is 8.50. The number of nitroso groups, excluding NO2 is 2. The minimum atomic E-state index is -0.608. The van der Waals surface area contributed by atoms with Crippen LogP contribution in [0, 0.1) is 16.7 Å². The summed E-state index contributed by atoms with van der Waals surface area (Å²) in [4.78, 5) is 23.8. The highest BCUT2D eigenvalue weighted by Crippen LogP contribution is 2.38. The van der Waals surface area contributed by atoms with Crippen molar-refractivity contribution >= 4 is 11.4 Å². The maximum atomic E-state index is 10.8. The molecule has 0 aliphatic carbocycles. The molecule has 148 valence electrons. The van der Waals surface area contributed by atoms with Crippen LogP contribution in [0.5, 0.6) is 5.75 Å². The summed E-state index contributed by atoms with van der Waals surface area (Å²) < 4.78 is 5.77. The highest BCUT2D eigenvalue weighted by molar-refractivity contribution is 5.72. The van der Waals surface area contributed by atoms with E-state index in [2.05, 4.69) is 40.4 Å². The van der Waals surface area contributed by atoms with E-state index in [9.17, 15) is 9.81 Å². The molecule has 1 aliphatic heterocycles. The number of hydrogen-bond acceptors (Lipinski definition) is 6. The van der Waals surface area contributed by atoms with Crippen LogP contribution in [0.25, 0.3) is 0 Å². The van der Waals surface area contributed by atoms with Crippen molar-refractivity contribution in [1.29, 1.82) is 0 Å². The second-order valence-electron chi connectivity index (χ2n) is 7.90. The Kier molecular flexibility index (Phi) is 6.07. The summed E-state index contributed by atoms with van der Waals surface area (Å²) in [6, 6.07) is 12.2. The van der Waals surface area contributed by atoms with Crippen molar-refractivity contribution in [2.24, 2.45) is 10.4 Å². The molecule has 6 heteroatoms. The van der Waals surface area contributed by atoms with E-state index in [1.54, 1.807) is 13.8 Å². The van der Waals surface area contributed by atoms with Crippen LogP contribution in [0.4, 0.5) is 11.4 Å². The van der Waals surface area contributed by atoms with Crippen LogP contribution in [0.2, 0.25) is 0 Å². The number of benzene rings is 2. The van der Waals surface area contributed by atoms with Crippen LogP contribution in [-0.4, -0.2) is 18.7 Å². The topological polar surface area (TPSA) is 71.3 Å². The Labute approximate surface area is 165 Å². The lowest BCUT2D eigenvalue weighted by Gasteiger charge is -2.33. The summed E-state index contributed by atoms with van der Waals surface area (Å²) >= 11 is 0. The minimum Gasteiger partial charge on any atom is -0.494 e. The van der Waals surface area contributed by atoms with E-state index in [0.717, 1.165) is 42.0 Å². The lowest BCUT2D eigenvalue weighted by molar-refractivity contribution is 0.274. The average Bonchev–Trinajstić information content (AvgIpc) is 2.70. The SMILES string of the molecule is Cc1c(CN=O)ccc2c1N(c1ccc(OCCC(C)(C)N=O)cc1)CCC2. The van der Waals surface area contributed by atoms with E-state index in [4.69, 9.17) is 4.74 Å². The van der Waals surface area contributed by atoms with E-state index in [1.165, 1.54) is 11.3 Å². The van der Waals surface area contributed by atoms with Gasteiger partial charge in [0.1, 0.15) is 17.8 Å². The third-order valence-electron chi connectivity index (χ3n) is 5.34. The molecule has 0 bridgehead atoms. The molecule has 2 aromatic rings. The van der Waals surface area contributed by atoms with Gasteiger partial charge in [0, 0.05) is 24.3 Å². The smallest absolute Gasteiger partial charge is 0.119 e. The van der Waals surface area contributed by atoms with Gasteiger partial charge in [-0.25, -0.2) is 0 Å². The summed E-state index contributed by atoms with van der Waals surface area (Å²) in [6.45, 7) is 7.26. The van der Waals surface area contributed by atoms with Crippen molar-refractivity contribution in [3.8, 4) is 5.75 Å². The summed E-state index contributed by atoms with van der Waals surface area (Å²) in [5.41, 5.74) is 5.10. The minimum absolute atomic E-state index is 0.200. The Morgan fingerprint density at radius 1 is 1.11 bits per heavy atom. The fourth-order valence-corrected chi connectivity index (χ4v) is 3.60. The summed E-state index contributed by atoms with van der Waals surface area (Å²) in [5, 5.41) is 6.18. The zero-order valence-corrected chi connectivity index (χ0v) is 16.8. The third-order valence-corrected chi connectivity index (χ3v) is 5.34. The van der Waals surface area contributed by atoms with Gasteiger partial charge >= 0.3 is 0 Å². The molecule has 1 aliphatic rings. The Morgan fingerprint density at radius 2 is 1.86 bits per heavy atom. The molecule has 0 saturated carbocycles. The van der Waals surface area contributed by atoms with E-state index in [-0.39, 0.29) is 6.54 Å². The van der Waals surface area contributed by atoms with Crippen LogP contribution in [0.3, 0.4) is 0 Å². The molecule has 0 atom stereocenters. The number of fused-ring (bicyclic) bond motifs is 1. The number of aryl methyl sites for hydroxylation is 1. The highest BCUT2D eigenvalue weighted by atomic mass is 16.5. The van der Waals surface area contributed by atoms with Crippen molar-refractivity contribution in [1.82, 2.24) is 0 Å². The molecule has 3 rings (SSSR count). The second-order valence-corrected chi connectivity index (χ2v) is 7.90. The first-order valence-corrected chi connectivity index (χ1v) is 9.70. The number of nitrogens with zero attached hydrogens (tertiary/aromatic N) is 3. The first kappa shape index (κ1) is 20.0. The monoisotopic (exact) mass is 381 g/mol. The zero-order valence-electron chi connectivity index (χ0n) is 16.8. The highest BCUT2D eigenvalue weighted by Gasteiger charge is 2.22. The van der Waals surface area contributed by atoms with Gasteiger partial charge < -0.3 is 9.64 Å². The molecule has 0 unspecified atom stereocenters. The molecule has 0 radical (unpaired) electrons. The van der Waals surface area contributed by atoms with Crippen LogP contribution in [-0.2, 0) is 13.0 Å². The van der Waals surface area contributed by atoms with Crippen LogP contribution >= 0.6 is 0 Å². The quantitative estimate of drug-likeness (QED) is 0.553. The van der Waals surface area contributed by atoms with Crippen LogP contribution < -0.4 is 9.64 Å². The molecule has 0 fully saturated rings. The number of rotatable bonds is 8. The van der Waals surface area contributed by atoms with E-state index >= 15 is 0 Å². The fourth-order valence-electron chi connectivity index (χ4n) is 3.60. The predicted octanol–water partition coefficient (Wildman–Crippen LogP) is 5.66. The standard InChI is InChI=1S/C22H27N3O3/c1-16-18(15-23-26)7-6-17-5-4-13-25(21(16)17)19-8-10-20(11-9-19)28-14-12-22(2,3)24-27/h6-11H,4-5,12-15H2,1-3H3. The molecule has 0 aromatic heterocycles. The number of ether oxygens (including phenoxy) is 1. The zero-order chi connectivity index (χ0) is 20.1. The van der Waals surface area contributed by atoms with Crippen LogP contribution in [0.15, 0.2) is 46.8 Å². The lowest BCUT2D eigenvalue weighted by Crippen LogP contribution is -2.25. The predicted molar refractivity (Wildman–Crippen MR) is 112 cm³/mol. The molecule has 1 heterocycles. The van der Waals surface area contributed by atoms with Gasteiger partial charge in [0.2, 0.25) is 0 Å². The van der Waals surface area contributed by atoms with Crippen molar-refractivity contribution in [3.05, 3.63) is 62.9 Å². The molecule has 0 spiro atoms. The fraction of sp³-hybridized carbons (Fsp3) is 0.455. The first-order valence-electron chi connectivity index (χ1n) is 9.70. The van der Waals surface area contributed by atoms with Gasteiger partial charge in [-0.15, -0.1) is 0 Å². The molecule has 0 N–H and O–H groups in total. The maximum Gasteiger partial charge on any atom is 0.119 e. The Hall–Kier alpha value is -2.76. The normalized spacial score (nSPS) is 13.8. The molecule has 0 saturated heterocycles. The van der Waals surface area contributed by atoms with E-state index < -0.39 is 5.54 Å². The van der Waals surface area contributed by atoms with Crippen LogP contribution in [0.1, 0.15) is 43.4 Å². The summed E-state index contributed by atoms with van der Waals surface area (Å²) in [6.07, 6.45) is 2.71. The van der Waals surface area contributed by atoms with Crippen molar-refractivity contribution in [3.63, 3.8) is 0 Å². The molecule has 28 heavy (non-hydrogen) atoms. The maximum absolute atomic E-state index is 10.8. The van der Waals surface area contributed by atoms with Gasteiger partial charge in [0.15, 0.2) is 0 Å². The Morgan fingerprint density at radius 3 is 2.54 bits per heavy atom. The summed E-state index contributed by atoms with van der Waals surface area (Å²) in [5.74, 6) is 0.776. The third kappa shape index (κ3) is 4.38. The van der Waals surface area contributed by atoms with Gasteiger partial charge in [0.25, 0.3) is 0 Å². The van der Waals surface area contributed by atoms with Crippen molar-refractivity contribution < 1.29 is 4.74 Å². The molecule has 2 aromatic carbocycles. The Balaban J connectivity index is 1.77. The van der Waals surface area contributed by atoms with E-state index in [1.807, 2.05) is 18.2 Å². The van der Waals surface area contributed by atoms with Gasteiger partial charge in [-0.2, -0.15) is 9.81 Å². The number of hydrogen-bond donors (Lipinski definition) is 0.